The maximum absolute atomic E-state index is 12.2. The van der Waals surface area contributed by atoms with Crippen molar-refractivity contribution in [1.82, 2.24) is 14.9 Å². The Kier molecular flexibility index (Phi) is 5.79. The van der Waals surface area contributed by atoms with Crippen LogP contribution < -0.4 is 4.90 Å². The van der Waals surface area contributed by atoms with E-state index in [2.05, 4.69) is 9.88 Å². The average molecular weight is 381 g/mol. The highest BCUT2D eigenvalue weighted by Gasteiger charge is 2.29. The van der Waals surface area contributed by atoms with E-state index in [9.17, 15) is 13.2 Å². The number of aromatic nitrogens is 2. The van der Waals surface area contributed by atoms with Crippen LogP contribution in [0.25, 0.3) is 0 Å². The largest absolute Gasteiger partial charge is 0.343 e. The summed E-state index contributed by atoms with van der Waals surface area (Å²) >= 11 is 0. The number of amides is 1. The Bertz CT molecular complexity index is 752. The fourth-order valence-electron chi connectivity index (χ4n) is 3.82. The quantitative estimate of drug-likeness (QED) is 0.794. The molecule has 0 aromatic carbocycles. The Morgan fingerprint density at radius 1 is 1.15 bits per heavy atom. The van der Waals surface area contributed by atoms with Crippen LogP contribution in [0.5, 0.6) is 0 Å². The zero-order valence-electron chi connectivity index (χ0n) is 15.6. The third kappa shape index (κ3) is 4.16. The third-order valence-corrected chi connectivity index (χ3v) is 6.46. The molecule has 0 bridgehead atoms. The number of anilines is 1. The normalized spacial score (nSPS) is 19.6. The van der Waals surface area contributed by atoms with Crippen LogP contribution in [-0.4, -0.2) is 61.6 Å². The number of carbonyl (C=O) groups excluding carboxylic acids is 1. The minimum atomic E-state index is -3.39. The van der Waals surface area contributed by atoms with Crippen LogP contribution in [0.1, 0.15) is 57.1 Å². The van der Waals surface area contributed by atoms with Crippen molar-refractivity contribution in [3.63, 3.8) is 0 Å². The van der Waals surface area contributed by atoms with Gasteiger partial charge >= 0.3 is 0 Å². The topological polar surface area (TPSA) is 83.5 Å². The number of hydrogen-bond donors (Lipinski definition) is 0. The summed E-state index contributed by atoms with van der Waals surface area (Å²) in [5.74, 6) is 0.842. The summed E-state index contributed by atoms with van der Waals surface area (Å²) in [6.07, 6.45) is 8.13. The van der Waals surface area contributed by atoms with Gasteiger partial charge < -0.3 is 9.80 Å². The molecule has 26 heavy (non-hydrogen) atoms. The summed E-state index contributed by atoms with van der Waals surface area (Å²) in [4.78, 5) is 25.2. The summed E-state index contributed by atoms with van der Waals surface area (Å²) in [7, 11) is -3.39. The fourth-order valence-corrected chi connectivity index (χ4v) is 4.66. The number of hydrogen-bond acceptors (Lipinski definition) is 6. The van der Waals surface area contributed by atoms with Crippen LogP contribution in [0, 0.1) is 0 Å². The number of carbonyl (C=O) groups is 1. The Balaban J connectivity index is 1.87. The number of sulfone groups is 1. The standard InChI is InChI=1S/C18H28N4O3S/c1-3-16(23)21-11-7-14(8-12-21)17-15(26(2,24)25)13-19-18(20-17)22-9-5-4-6-10-22/h13-14H,3-12H2,1-2H3. The van der Waals surface area contributed by atoms with Gasteiger partial charge in [-0.3, -0.25) is 4.79 Å². The molecule has 0 unspecified atom stereocenters. The molecule has 7 nitrogen and oxygen atoms in total. The van der Waals surface area contributed by atoms with E-state index in [0.29, 0.717) is 31.2 Å². The van der Waals surface area contributed by atoms with Gasteiger partial charge in [-0.1, -0.05) is 6.92 Å². The highest BCUT2D eigenvalue weighted by Crippen LogP contribution is 2.32. The van der Waals surface area contributed by atoms with Crippen molar-refractivity contribution in [2.75, 3.05) is 37.3 Å². The minimum absolute atomic E-state index is 0.0483. The highest BCUT2D eigenvalue weighted by atomic mass is 32.2. The molecule has 2 fully saturated rings. The minimum Gasteiger partial charge on any atom is -0.343 e. The molecule has 1 aromatic rings. The van der Waals surface area contributed by atoms with Crippen molar-refractivity contribution < 1.29 is 13.2 Å². The van der Waals surface area contributed by atoms with Crippen molar-refractivity contribution in [2.45, 2.75) is 56.3 Å². The van der Waals surface area contributed by atoms with Crippen molar-refractivity contribution in [3.8, 4) is 0 Å². The van der Waals surface area contributed by atoms with Crippen molar-refractivity contribution in [3.05, 3.63) is 11.9 Å². The van der Waals surface area contributed by atoms with E-state index in [-0.39, 0.29) is 16.7 Å². The van der Waals surface area contributed by atoms with Crippen molar-refractivity contribution >= 4 is 21.7 Å². The summed E-state index contributed by atoms with van der Waals surface area (Å²) in [6, 6.07) is 0. The molecule has 3 heterocycles. The molecule has 0 radical (unpaired) electrons. The molecule has 0 atom stereocenters. The van der Waals surface area contributed by atoms with Crippen LogP contribution in [-0.2, 0) is 14.6 Å². The van der Waals surface area contributed by atoms with Crippen LogP contribution in [0.15, 0.2) is 11.1 Å². The first-order valence-corrected chi connectivity index (χ1v) is 11.4. The summed E-state index contributed by atoms with van der Waals surface area (Å²) in [6.45, 7) is 5.01. The van der Waals surface area contributed by atoms with Gasteiger partial charge in [-0.05, 0) is 32.1 Å². The summed E-state index contributed by atoms with van der Waals surface area (Å²) in [5, 5.41) is 0. The molecule has 0 spiro atoms. The molecule has 0 saturated carbocycles. The van der Waals surface area contributed by atoms with Gasteiger partial charge in [0.1, 0.15) is 4.90 Å². The van der Waals surface area contributed by atoms with E-state index >= 15 is 0 Å². The molecule has 0 N–H and O–H groups in total. The number of rotatable bonds is 4. The predicted molar refractivity (Wildman–Crippen MR) is 100 cm³/mol. The number of nitrogens with zero attached hydrogens (tertiary/aromatic N) is 4. The lowest BCUT2D eigenvalue weighted by atomic mass is 9.93. The Morgan fingerprint density at radius 3 is 2.38 bits per heavy atom. The van der Waals surface area contributed by atoms with E-state index in [0.717, 1.165) is 38.8 Å². The lowest BCUT2D eigenvalue weighted by Crippen LogP contribution is -2.38. The molecule has 0 aliphatic carbocycles. The second-order valence-electron chi connectivity index (χ2n) is 7.25. The molecule has 2 saturated heterocycles. The Labute approximate surface area is 155 Å². The molecule has 1 amide bonds. The molecule has 1 aromatic heterocycles. The SMILES string of the molecule is CCC(=O)N1CCC(c2nc(N3CCCCC3)ncc2S(C)(=O)=O)CC1. The molecule has 3 rings (SSSR count). The smallest absolute Gasteiger partial charge is 0.225 e. The van der Waals surface area contributed by atoms with Crippen LogP contribution in [0.2, 0.25) is 0 Å². The van der Waals surface area contributed by atoms with Gasteiger partial charge in [0.25, 0.3) is 0 Å². The number of piperidine rings is 2. The van der Waals surface area contributed by atoms with Crippen LogP contribution in [0.4, 0.5) is 5.95 Å². The highest BCUT2D eigenvalue weighted by molar-refractivity contribution is 7.90. The first kappa shape index (κ1) is 19.1. The van der Waals surface area contributed by atoms with Gasteiger partial charge in [0, 0.05) is 44.8 Å². The van der Waals surface area contributed by atoms with Gasteiger partial charge in [0.05, 0.1) is 11.9 Å². The van der Waals surface area contributed by atoms with Gasteiger partial charge in [-0.2, -0.15) is 0 Å². The fraction of sp³-hybridized carbons (Fsp3) is 0.722. The van der Waals surface area contributed by atoms with Crippen LogP contribution >= 0.6 is 0 Å². The second kappa shape index (κ2) is 7.90. The zero-order chi connectivity index (χ0) is 18.7. The van der Waals surface area contributed by atoms with Crippen molar-refractivity contribution in [2.24, 2.45) is 0 Å². The maximum Gasteiger partial charge on any atom is 0.225 e. The molecule has 2 aliphatic heterocycles. The Hall–Kier alpha value is -1.70. The lowest BCUT2D eigenvalue weighted by molar-refractivity contribution is -0.131. The van der Waals surface area contributed by atoms with Gasteiger partial charge in [0.2, 0.25) is 11.9 Å². The molecular weight excluding hydrogens is 352 g/mol. The van der Waals surface area contributed by atoms with Gasteiger partial charge in [-0.15, -0.1) is 0 Å². The molecular formula is C18H28N4O3S. The van der Waals surface area contributed by atoms with E-state index in [1.54, 1.807) is 0 Å². The Morgan fingerprint density at radius 2 is 1.81 bits per heavy atom. The monoisotopic (exact) mass is 380 g/mol. The molecule has 144 valence electrons. The number of likely N-dealkylation sites (tertiary alicyclic amines) is 1. The summed E-state index contributed by atoms with van der Waals surface area (Å²) in [5.41, 5.74) is 0.631. The maximum atomic E-state index is 12.2. The van der Waals surface area contributed by atoms with E-state index in [1.807, 2.05) is 11.8 Å². The molecule has 8 heteroatoms. The van der Waals surface area contributed by atoms with E-state index < -0.39 is 9.84 Å². The predicted octanol–water partition coefficient (Wildman–Crippen LogP) is 1.99. The van der Waals surface area contributed by atoms with E-state index in [1.165, 1.54) is 18.9 Å². The lowest BCUT2D eigenvalue weighted by Gasteiger charge is -2.33. The first-order chi connectivity index (χ1) is 12.4. The van der Waals surface area contributed by atoms with Crippen LogP contribution in [0.3, 0.4) is 0 Å². The van der Waals surface area contributed by atoms with E-state index in [4.69, 9.17) is 4.98 Å². The molecule has 2 aliphatic rings. The zero-order valence-corrected chi connectivity index (χ0v) is 16.5. The third-order valence-electron chi connectivity index (χ3n) is 5.35. The van der Waals surface area contributed by atoms with Gasteiger partial charge in [-0.25, -0.2) is 18.4 Å². The van der Waals surface area contributed by atoms with Gasteiger partial charge in [0.15, 0.2) is 9.84 Å². The van der Waals surface area contributed by atoms with Crippen molar-refractivity contribution in [1.29, 1.82) is 0 Å². The summed E-state index contributed by atoms with van der Waals surface area (Å²) < 4.78 is 24.5. The first-order valence-electron chi connectivity index (χ1n) is 9.50. The second-order valence-corrected chi connectivity index (χ2v) is 9.23. The average Bonchev–Trinajstić information content (AvgIpc) is 2.67.